The van der Waals surface area contributed by atoms with E-state index in [1.807, 2.05) is 30.3 Å². The van der Waals surface area contributed by atoms with Gasteiger partial charge in [0.05, 0.1) is 32.1 Å². The van der Waals surface area contributed by atoms with Crippen LogP contribution >= 0.6 is 0 Å². The normalized spacial score (nSPS) is 19.5. The van der Waals surface area contributed by atoms with Crippen molar-refractivity contribution in [3.63, 3.8) is 0 Å². The molecule has 3 heterocycles. The zero-order valence-corrected chi connectivity index (χ0v) is 20.5. The summed E-state index contributed by atoms with van der Waals surface area (Å²) in [5.74, 6) is 0.420. The van der Waals surface area contributed by atoms with Crippen molar-refractivity contribution in [3.05, 3.63) is 53.2 Å². The van der Waals surface area contributed by atoms with Crippen molar-refractivity contribution in [3.8, 4) is 5.88 Å². The fourth-order valence-electron chi connectivity index (χ4n) is 4.49. The lowest BCUT2D eigenvalue weighted by Gasteiger charge is -2.30. The second kappa shape index (κ2) is 11.8. The summed E-state index contributed by atoms with van der Waals surface area (Å²) in [7, 11) is 0. The second-order valence-electron chi connectivity index (χ2n) is 9.40. The van der Waals surface area contributed by atoms with Crippen LogP contribution in [0, 0.1) is 5.53 Å². The van der Waals surface area contributed by atoms with Gasteiger partial charge in [-0.25, -0.2) is 10.5 Å². The molecule has 1 amide bonds. The van der Waals surface area contributed by atoms with Gasteiger partial charge in [0, 0.05) is 56.1 Å². The molecule has 2 aliphatic heterocycles. The lowest BCUT2D eigenvalue weighted by Crippen LogP contribution is -2.38. The maximum absolute atomic E-state index is 12.6. The number of aromatic nitrogens is 1. The molecule has 1 unspecified atom stereocenters. The van der Waals surface area contributed by atoms with Gasteiger partial charge < -0.3 is 24.4 Å². The van der Waals surface area contributed by atoms with Crippen molar-refractivity contribution < 1.29 is 19.0 Å². The summed E-state index contributed by atoms with van der Waals surface area (Å²) in [5, 5.41) is 6.94. The largest absolute Gasteiger partial charge is 0.476 e. The minimum Gasteiger partial charge on any atom is -0.476 e. The average molecular weight is 495 g/mol. The number of nitrogens with zero attached hydrogens (tertiary/aromatic N) is 4. The molecule has 1 aromatic heterocycles. The summed E-state index contributed by atoms with van der Waals surface area (Å²) in [4.78, 5) is 21.9. The van der Waals surface area contributed by atoms with E-state index in [1.165, 1.54) is 0 Å². The summed E-state index contributed by atoms with van der Waals surface area (Å²) < 4.78 is 17.1. The topological polar surface area (TPSA) is 112 Å². The minimum atomic E-state index is -0.638. The van der Waals surface area contributed by atoms with Crippen molar-refractivity contribution in [1.82, 2.24) is 15.2 Å². The van der Waals surface area contributed by atoms with Crippen LogP contribution in [0.4, 0.5) is 5.69 Å². The molecule has 1 saturated carbocycles. The Morgan fingerprint density at radius 2 is 1.86 bits per heavy atom. The summed E-state index contributed by atoms with van der Waals surface area (Å²) in [6.07, 6.45) is 2.06. The van der Waals surface area contributed by atoms with Crippen LogP contribution in [0.5, 0.6) is 5.88 Å². The Hall–Kier alpha value is -3.08. The van der Waals surface area contributed by atoms with Gasteiger partial charge in [-0.1, -0.05) is 12.1 Å². The van der Waals surface area contributed by atoms with E-state index in [9.17, 15) is 4.79 Å². The number of pyridine rings is 1. The molecular formula is C26H34N6O4. The first-order chi connectivity index (χ1) is 17.7. The van der Waals surface area contributed by atoms with E-state index in [4.69, 9.17) is 24.7 Å². The van der Waals surface area contributed by atoms with Crippen LogP contribution in [0.25, 0.3) is 0 Å². The summed E-state index contributed by atoms with van der Waals surface area (Å²) in [6, 6.07) is 10.9. The second-order valence-corrected chi connectivity index (χ2v) is 9.40. The van der Waals surface area contributed by atoms with Gasteiger partial charge in [0.25, 0.3) is 5.91 Å². The highest BCUT2D eigenvalue weighted by atomic mass is 16.5. The van der Waals surface area contributed by atoms with Crippen molar-refractivity contribution in [1.29, 1.82) is 5.53 Å². The van der Waals surface area contributed by atoms with Gasteiger partial charge in [-0.05, 0) is 36.6 Å². The Morgan fingerprint density at radius 3 is 2.58 bits per heavy atom. The predicted molar refractivity (Wildman–Crippen MR) is 134 cm³/mol. The Kier molecular flexibility index (Phi) is 8.04. The van der Waals surface area contributed by atoms with E-state index < -0.39 is 6.04 Å². The van der Waals surface area contributed by atoms with E-state index >= 15 is 0 Å². The monoisotopic (exact) mass is 494 g/mol. The Morgan fingerprint density at radius 1 is 1.11 bits per heavy atom. The molecule has 0 radical (unpaired) electrons. The molecule has 2 saturated heterocycles. The first-order valence-corrected chi connectivity index (χ1v) is 12.7. The van der Waals surface area contributed by atoms with Gasteiger partial charge in [0.2, 0.25) is 5.88 Å². The van der Waals surface area contributed by atoms with Crippen LogP contribution in [-0.2, 0) is 9.47 Å². The van der Waals surface area contributed by atoms with E-state index in [2.05, 4.69) is 20.2 Å². The van der Waals surface area contributed by atoms with Crippen molar-refractivity contribution in [2.75, 3.05) is 70.7 Å². The van der Waals surface area contributed by atoms with Crippen LogP contribution < -0.4 is 15.0 Å². The van der Waals surface area contributed by atoms with E-state index in [1.54, 1.807) is 6.07 Å². The first kappa shape index (κ1) is 24.6. The van der Waals surface area contributed by atoms with Gasteiger partial charge in [0.1, 0.15) is 12.6 Å². The number of morpholine rings is 2. The van der Waals surface area contributed by atoms with E-state index in [-0.39, 0.29) is 11.9 Å². The number of hydrogen-bond acceptors (Lipinski definition) is 9. The minimum absolute atomic E-state index is 0.0924. The lowest BCUT2D eigenvalue weighted by atomic mass is 10.0. The quantitative estimate of drug-likeness (QED) is 0.488. The molecule has 0 spiro atoms. The molecule has 192 valence electrons. The van der Waals surface area contributed by atoms with Crippen LogP contribution in [0.15, 0.2) is 41.5 Å². The molecule has 1 aliphatic carbocycles. The van der Waals surface area contributed by atoms with Crippen molar-refractivity contribution in [2.24, 2.45) is 5.11 Å². The van der Waals surface area contributed by atoms with Crippen LogP contribution in [0.3, 0.4) is 0 Å². The fraction of sp³-hybridized carbons (Fsp3) is 0.538. The van der Waals surface area contributed by atoms with E-state index in [0.717, 1.165) is 70.0 Å². The Labute approximate surface area is 211 Å². The van der Waals surface area contributed by atoms with E-state index in [0.29, 0.717) is 37.0 Å². The summed E-state index contributed by atoms with van der Waals surface area (Å²) in [6.45, 7) is 7.49. The van der Waals surface area contributed by atoms with Crippen LogP contribution in [0.2, 0.25) is 0 Å². The number of benzene rings is 1. The zero-order chi connectivity index (χ0) is 24.7. The smallest absolute Gasteiger partial charge is 0.251 e. The lowest BCUT2D eigenvalue weighted by molar-refractivity contribution is 0.0320. The van der Waals surface area contributed by atoms with Gasteiger partial charge in [0.15, 0.2) is 0 Å². The molecule has 1 aromatic carbocycles. The highest BCUT2D eigenvalue weighted by molar-refractivity contribution is 5.94. The number of carbonyl (C=O) groups excluding carboxylic acids is 1. The van der Waals surface area contributed by atoms with Gasteiger partial charge >= 0.3 is 0 Å². The first-order valence-electron chi connectivity index (χ1n) is 12.7. The van der Waals surface area contributed by atoms with Crippen molar-refractivity contribution >= 4 is 11.6 Å². The van der Waals surface area contributed by atoms with Gasteiger partial charge in [-0.3, -0.25) is 9.69 Å². The number of amides is 1. The summed E-state index contributed by atoms with van der Waals surface area (Å²) >= 11 is 0. The third-order valence-electron chi connectivity index (χ3n) is 6.73. The summed E-state index contributed by atoms with van der Waals surface area (Å²) in [5.41, 5.74) is 10.9. The molecule has 5 rings (SSSR count). The molecule has 10 nitrogen and oxygen atoms in total. The number of carbonyl (C=O) groups is 1. The number of ether oxygens (including phenoxy) is 3. The standard InChI is InChI=1S/C26H34N6O4/c27-30-25(19-2-1-3-20(16-19)26(33)28-21-4-5-21)23-17-22(32-9-13-35-14-10-32)18-24(29-23)36-15-8-31-6-11-34-12-7-31/h1-3,16-18,21,25,27H,4-15H2,(H,28,33). The molecule has 1 atom stereocenters. The van der Waals surface area contributed by atoms with Gasteiger partial charge in [-0.2, -0.15) is 5.11 Å². The molecule has 2 aromatic rings. The number of anilines is 1. The molecule has 3 fully saturated rings. The third-order valence-corrected chi connectivity index (χ3v) is 6.73. The number of nitrogens with one attached hydrogen (secondary N) is 2. The zero-order valence-electron chi connectivity index (χ0n) is 20.5. The third kappa shape index (κ3) is 6.37. The predicted octanol–water partition coefficient (Wildman–Crippen LogP) is 2.64. The fourth-order valence-corrected chi connectivity index (χ4v) is 4.49. The molecule has 3 aliphatic rings. The van der Waals surface area contributed by atoms with Crippen LogP contribution in [0.1, 0.15) is 40.5 Å². The van der Waals surface area contributed by atoms with Gasteiger partial charge in [-0.15, -0.1) is 0 Å². The molecular weight excluding hydrogens is 460 g/mol. The maximum atomic E-state index is 12.6. The highest BCUT2D eigenvalue weighted by Gasteiger charge is 2.25. The molecule has 36 heavy (non-hydrogen) atoms. The SMILES string of the molecule is N=NC(c1cccc(C(=O)NC2CC2)c1)c1cc(N2CCOCC2)cc(OCCN2CCOCC2)n1. The molecule has 2 N–H and O–H groups in total. The molecule has 0 bridgehead atoms. The molecule has 10 heteroatoms. The number of rotatable bonds is 10. The number of hydrogen-bond donors (Lipinski definition) is 2. The van der Waals surface area contributed by atoms with Crippen molar-refractivity contribution in [2.45, 2.75) is 24.9 Å². The Balaban J connectivity index is 1.37. The highest BCUT2D eigenvalue weighted by Crippen LogP contribution is 2.31. The van der Waals surface area contributed by atoms with Crippen LogP contribution in [-0.4, -0.2) is 87.6 Å². The Bertz CT molecular complexity index is 1050. The average Bonchev–Trinajstić information content (AvgIpc) is 3.74. The maximum Gasteiger partial charge on any atom is 0.251 e.